The number of aliphatic carboxylic acids is 1. The van der Waals surface area contributed by atoms with Crippen LogP contribution in [0.3, 0.4) is 0 Å². The number of rotatable bonds is 8. The zero-order valence-electron chi connectivity index (χ0n) is 34.0. The van der Waals surface area contributed by atoms with Crippen LogP contribution in [-0.2, 0) is 32.2 Å². The molecule has 2 unspecified atom stereocenters. The molecule has 286 valence electrons. The van der Waals surface area contributed by atoms with Gasteiger partial charge in [-0.3, -0.25) is 19.3 Å². The lowest BCUT2D eigenvalue weighted by atomic mass is 9.30. The van der Waals surface area contributed by atoms with Gasteiger partial charge in [-0.1, -0.05) is 85.2 Å². The predicted molar refractivity (Wildman–Crippen MR) is 205 cm³/mol. The molecule has 0 saturated heterocycles. The zero-order valence-corrected chi connectivity index (χ0v) is 34.0. The lowest BCUT2D eigenvalue weighted by Gasteiger charge is -2.75. The summed E-state index contributed by atoms with van der Waals surface area (Å²) >= 11 is 0. The number of hydrogen-bond donors (Lipinski definition) is 1. The number of carboxylic acids is 1. The van der Waals surface area contributed by atoms with Gasteiger partial charge in [0.2, 0.25) is 0 Å². The van der Waals surface area contributed by atoms with Crippen molar-refractivity contribution in [1.82, 2.24) is 4.90 Å². The van der Waals surface area contributed by atoms with Crippen molar-refractivity contribution in [2.24, 2.45) is 55.7 Å². The molecule has 0 spiro atoms. The summed E-state index contributed by atoms with van der Waals surface area (Å²) in [5, 5.41) is 9.63. The van der Waals surface area contributed by atoms with Crippen LogP contribution in [0.15, 0.2) is 35.4 Å². The number of nitrogens with zero attached hydrogens (tertiary/aromatic N) is 1. The molecule has 0 radical (unpaired) electrons. The summed E-state index contributed by atoms with van der Waals surface area (Å²) in [5.41, 5.74) is 4.54. The molecule has 0 bridgehead atoms. The van der Waals surface area contributed by atoms with Gasteiger partial charge in [0, 0.05) is 30.3 Å². The van der Waals surface area contributed by atoms with E-state index in [-0.39, 0.29) is 50.9 Å². The Morgan fingerprint density at radius 2 is 1.54 bits per heavy atom. The van der Waals surface area contributed by atoms with Crippen molar-refractivity contribution in [3.05, 3.63) is 46.5 Å². The molecule has 1 aromatic rings. The Bertz CT molecular complexity index is 1660. The molecule has 52 heavy (non-hydrogen) atoms. The number of carbonyl (C=O) groups is 3. The fourth-order valence-electron chi connectivity index (χ4n) is 14.4. The van der Waals surface area contributed by atoms with E-state index < -0.39 is 17.4 Å². The minimum Gasteiger partial charge on any atom is -0.481 e. The Morgan fingerprint density at radius 3 is 2.15 bits per heavy atom. The van der Waals surface area contributed by atoms with Crippen LogP contribution < -0.4 is 0 Å². The number of esters is 1. The van der Waals surface area contributed by atoms with Crippen LogP contribution in [0.25, 0.3) is 0 Å². The highest BCUT2D eigenvalue weighted by Crippen LogP contribution is 2.80. The van der Waals surface area contributed by atoms with Crippen LogP contribution in [0.1, 0.15) is 151 Å². The van der Waals surface area contributed by atoms with Crippen LogP contribution >= 0.6 is 0 Å². The summed E-state index contributed by atoms with van der Waals surface area (Å²) in [5.74, 6) is 0.254. The van der Waals surface area contributed by atoms with Gasteiger partial charge in [-0.25, -0.2) is 0 Å². The minimum absolute atomic E-state index is 0.0291. The van der Waals surface area contributed by atoms with Crippen LogP contribution in [0, 0.1) is 55.7 Å². The van der Waals surface area contributed by atoms with Crippen molar-refractivity contribution >= 4 is 17.7 Å². The third kappa shape index (κ3) is 5.29. The molecule has 7 rings (SSSR count). The molecule has 5 aliphatic carbocycles. The van der Waals surface area contributed by atoms with Crippen molar-refractivity contribution in [3.8, 4) is 0 Å². The van der Waals surface area contributed by atoms with Gasteiger partial charge in [0.15, 0.2) is 5.78 Å². The number of carbonyl (C=O) groups excluding carboxylic acids is 2. The largest absolute Gasteiger partial charge is 0.481 e. The topological polar surface area (TPSA) is 83.9 Å². The van der Waals surface area contributed by atoms with Gasteiger partial charge in [-0.15, -0.1) is 0 Å². The molecule has 4 fully saturated rings. The van der Waals surface area contributed by atoms with E-state index in [1.165, 1.54) is 29.5 Å². The number of fused-ring (bicyclic) bond motifs is 8. The molecule has 0 aromatic heterocycles. The van der Waals surface area contributed by atoms with Crippen LogP contribution in [0.2, 0.25) is 0 Å². The molecule has 6 heteroatoms. The van der Waals surface area contributed by atoms with Gasteiger partial charge in [0.05, 0.1) is 11.8 Å². The summed E-state index contributed by atoms with van der Waals surface area (Å²) in [6, 6.07) is 8.87. The number of Topliss-reactive ketones (excluding diaryl/α,β-unsaturated/α-hetero) is 1. The Labute approximate surface area is 313 Å². The minimum atomic E-state index is -1.15. The normalized spacial score (nSPS) is 39.8. The molecule has 1 N–H and O–H groups in total. The summed E-state index contributed by atoms with van der Waals surface area (Å²) in [6.07, 6.45) is 10.1. The van der Waals surface area contributed by atoms with Crippen molar-refractivity contribution in [1.29, 1.82) is 0 Å². The Balaban J connectivity index is 1.17. The number of allylic oxidation sites excluding steroid dienone is 2. The van der Waals surface area contributed by atoms with Gasteiger partial charge in [-0.2, -0.15) is 0 Å². The van der Waals surface area contributed by atoms with Crippen molar-refractivity contribution in [2.75, 3.05) is 6.54 Å². The van der Waals surface area contributed by atoms with Gasteiger partial charge in [-0.05, 0) is 134 Å². The molecular weight excluding hydrogens is 647 g/mol. The zero-order chi connectivity index (χ0) is 37.9. The number of ketones is 1. The van der Waals surface area contributed by atoms with E-state index in [0.717, 1.165) is 64.6 Å². The number of ether oxygens (including phenoxy) is 1. The summed E-state index contributed by atoms with van der Waals surface area (Å²) < 4.78 is 6.21. The Kier molecular flexibility index (Phi) is 8.93. The highest BCUT2D eigenvalue weighted by molar-refractivity contribution is 6.01. The Morgan fingerprint density at radius 1 is 0.904 bits per heavy atom. The molecule has 1 aliphatic heterocycles. The maximum atomic E-state index is 14.2. The molecule has 1 aromatic carbocycles. The molecule has 6 aliphatic rings. The average Bonchev–Trinajstić information content (AvgIpc) is 3.61. The fraction of sp³-hybridized carbons (Fsp3) is 0.761. The second kappa shape index (κ2) is 12.3. The van der Waals surface area contributed by atoms with Crippen LogP contribution in [0.4, 0.5) is 0 Å². The van der Waals surface area contributed by atoms with E-state index in [4.69, 9.17) is 4.74 Å². The maximum absolute atomic E-state index is 14.2. The lowest BCUT2D eigenvalue weighted by Crippen LogP contribution is -2.68. The first-order valence-corrected chi connectivity index (χ1v) is 20.7. The second-order valence-electron chi connectivity index (χ2n) is 21.0. The summed E-state index contributed by atoms with van der Waals surface area (Å²) in [4.78, 5) is 41.8. The van der Waals surface area contributed by atoms with Crippen molar-refractivity contribution in [3.63, 3.8) is 0 Å². The second-order valence-corrected chi connectivity index (χ2v) is 21.0. The standard InChI is InChI=1S/C46H67NO5/c1-29(2)37-32(48)25-46(23-24-47-27-30-13-11-12-14-31(30)28-47)22-21-45(10)43(8)19-15-33-41(5,6)35(52-36(49)26-40(3,4)39(50)51)17-18-42(33,7)34(43)16-20-44(45,9)38(37)46/h11-14,29,33-35H,15-28H2,1-10H3,(H,50,51)/t33?,34?,35-,42-,43+,44+,45-,46+/m0/s1. The summed E-state index contributed by atoms with van der Waals surface area (Å²) in [7, 11) is 0. The van der Waals surface area contributed by atoms with Gasteiger partial charge >= 0.3 is 11.9 Å². The van der Waals surface area contributed by atoms with Gasteiger partial charge in [0.1, 0.15) is 6.10 Å². The first-order valence-electron chi connectivity index (χ1n) is 20.7. The van der Waals surface area contributed by atoms with E-state index in [1.54, 1.807) is 19.4 Å². The third-order valence-corrected chi connectivity index (χ3v) is 17.5. The highest BCUT2D eigenvalue weighted by Gasteiger charge is 2.73. The lowest BCUT2D eigenvalue weighted by molar-refractivity contribution is -0.250. The average molecular weight is 714 g/mol. The highest BCUT2D eigenvalue weighted by atomic mass is 16.5. The summed E-state index contributed by atoms with van der Waals surface area (Å²) in [6.45, 7) is 25.9. The molecule has 1 heterocycles. The Hall–Kier alpha value is -2.47. The van der Waals surface area contributed by atoms with E-state index in [1.807, 2.05) is 0 Å². The smallest absolute Gasteiger partial charge is 0.309 e. The van der Waals surface area contributed by atoms with E-state index in [9.17, 15) is 19.5 Å². The van der Waals surface area contributed by atoms with Crippen molar-refractivity contribution in [2.45, 2.75) is 159 Å². The molecule has 4 saturated carbocycles. The quantitative estimate of drug-likeness (QED) is 0.270. The van der Waals surface area contributed by atoms with Gasteiger partial charge < -0.3 is 9.84 Å². The fourth-order valence-corrected chi connectivity index (χ4v) is 14.4. The molecule has 8 atom stereocenters. The maximum Gasteiger partial charge on any atom is 0.309 e. The van der Waals surface area contributed by atoms with E-state index in [2.05, 4.69) is 84.6 Å². The van der Waals surface area contributed by atoms with Crippen LogP contribution in [0.5, 0.6) is 0 Å². The third-order valence-electron chi connectivity index (χ3n) is 17.5. The molecular formula is C46H67NO5. The SMILES string of the molecule is CC(C)C1=C2[C@@](CCN3Cc4ccccc4C3)(CC[C@]3(C)[C@]2(C)CCC2[C@@]4(C)CC[C@H](OC(=O)CC(C)(C)C(=O)O)C(C)(C)C4CC[C@]23C)CC1=O. The molecule has 6 nitrogen and oxygen atoms in total. The number of hydrogen-bond acceptors (Lipinski definition) is 5. The van der Waals surface area contributed by atoms with E-state index in [0.29, 0.717) is 24.0 Å². The van der Waals surface area contributed by atoms with E-state index >= 15 is 0 Å². The number of carboxylic acid groups (broad SMARTS) is 1. The van der Waals surface area contributed by atoms with Gasteiger partial charge in [0.25, 0.3) is 0 Å². The first kappa shape index (κ1) is 37.8. The first-order chi connectivity index (χ1) is 24.2. The van der Waals surface area contributed by atoms with Crippen molar-refractivity contribution < 1.29 is 24.2 Å². The monoisotopic (exact) mass is 714 g/mol. The van der Waals surface area contributed by atoms with Crippen LogP contribution in [-0.4, -0.2) is 40.4 Å². The number of benzene rings is 1. The molecule has 0 amide bonds. The predicted octanol–water partition coefficient (Wildman–Crippen LogP) is 10.2.